The summed E-state index contributed by atoms with van der Waals surface area (Å²) in [5, 5.41) is 14.7. The van der Waals surface area contributed by atoms with E-state index in [1.807, 2.05) is 18.2 Å². The number of aromatic nitrogens is 2. The van der Waals surface area contributed by atoms with Crippen LogP contribution in [0.15, 0.2) is 47.0 Å². The predicted octanol–water partition coefficient (Wildman–Crippen LogP) is 3.84. The van der Waals surface area contributed by atoms with E-state index < -0.39 is 6.10 Å². The number of hydrogen-bond donors (Lipinski definition) is 1. The van der Waals surface area contributed by atoms with Gasteiger partial charge in [-0.1, -0.05) is 49.3 Å². The molecule has 3 rings (SSSR count). The molecule has 0 bridgehead atoms. The Morgan fingerprint density at radius 1 is 0.972 bits per heavy atom. The molecule has 0 saturated heterocycles. The lowest BCUT2D eigenvalue weighted by atomic mass is 10.1. The molecule has 1 atom stereocenters. The summed E-state index contributed by atoms with van der Waals surface area (Å²) in [5.74, 6) is 2.89. The number of methoxy groups -OCH3 is 3. The molecule has 0 unspecified atom stereocenters. The Balaban J connectivity index is 1.68. The maximum Gasteiger partial charge on any atom is 0.228 e. The standard InChI is InChI=1S/C27H37N3O6/c1-19(2)17-35-18-22(31)16-30(15-20-9-7-6-8-10-20)12-11-25-28-27(29-36-25)21-13-23(32-3)26(34-5)24(14-21)33-4/h6-10,13-14,19,22,31H,11-12,15-18H2,1-5H3/t22-/m1/s1. The van der Waals surface area contributed by atoms with Gasteiger partial charge in [0.15, 0.2) is 11.5 Å². The molecule has 0 spiro atoms. The first kappa shape index (κ1) is 27.4. The summed E-state index contributed by atoms with van der Waals surface area (Å²) in [5.41, 5.74) is 1.86. The molecule has 2 aromatic carbocycles. The van der Waals surface area contributed by atoms with Crippen molar-refractivity contribution in [2.24, 2.45) is 5.92 Å². The lowest BCUT2D eigenvalue weighted by Crippen LogP contribution is -2.36. The van der Waals surface area contributed by atoms with Crippen molar-refractivity contribution in [2.75, 3.05) is 47.6 Å². The molecule has 0 aliphatic heterocycles. The van der Waals surface area contributed by atoms with Crippen LogP contribution in [-0.4, -0.2) is 73.9 Å². The van der Waals surface area contributed by atoms with E-state index in [2.05, 4.69) is 41.0 Å². The van der Waals surface area contributed by atoms with Gasteiger partial charge in [0, 0.05) is 38.2 Å². The Labute approximate surface area is 212 Å². The third-order valence-electron chi connectivity index (χ3n) is 5.51. The fourth-order valence-corrected chi connectivity index (χ4v) is 3.80. The van der Waals surface area contributed by atoms with E-state index in [1.54, 1.807) is 33.5 Å². The van der Waals surface area contributed by atoms with E-state index in [4.69, 9.17) is 23.5 Å². The molecule has 0 aliphatic carbocycles. The van der Waals surface area contributed by atoms with Gasteiger partial charge in [-0.3, -0.25) is 4.90 Å². The molecule has 36 heavy (non-hydrogen) atoms. The lowest BCUT2D eigenvalue weighted by Gasteiger charge is -2.25. The topological polar surface area (TPSA) is 99.3 Å². The summed E-state index contributed by atoms with van der Waals surface area (Å²) in [6.45, 7) is 6.90. The Morgan fingerprint density at radius 2 is 1.67 bits per heavy atom. The number of benzene rings is 2. The number of ether oxygens (including phenoxy) is 4. The minimum Gasteiger partial charge on any atom is -0.493 e. The molecule has 1 aromatic heterocycles. The third kappa shape index (κ3) is 7.94. The van der Waals surface area contributed by atoms with E-state index in [0.29, 0.717) is 79.7 Å². The smallest absolute Gasteiger partial charge is 0.228 e. The zero-order valence-corrected chi connectivity index (χ0v) is 21.8. The summed E-state index contributed by atoms with van der Waals surface area (Å²) >= 11 is 0. The summed E-state index contributed by atoms with van der Waals surface area (Å²) in [4.78, 5) is 6.74. The van der Waals surface area contributed by atoms with Crippen LogP contribution in [0.1, 0.15) is 25.3 Å². The van der Waals surface area contributed by atoms with Crippen LogP contribution in [-0.2, 0) is 17.7 Å². The van der Waals surface area contributed by atoms with Crippen LogP contribution >= 0.6 is 0 Å². The SMILES string of the molecule is COc1cc(-c2noc(CCN(Cc3ccccc3)C[C@@H](O)COCC(C)C)n2)cc(OC)c1OC. The minimum absolute atomic E-state index is 0.301. The zero-order chi connectivity index (χ0) is 25.9. The monoisotopic (exact) mass is 499 g/mol. The van der Waals surface area contributed by atoms with Crippen molar-refractivity contribution in [1.82, 2.24) is 15.0 Å². The van der Waals surface area contributed by atoms with Crippen LogP contribution in [0.5, 0.6) is 17.2 Å². The van der Waals surface area contributed by atoms with E-state index in [9.17, 15) is 5.11 Å². The van der Waals surface area contributed by atoms with Crippen molar-refractivity contribution >= 4 is 0 Å². The van der Waals surface area contributed by atoms with Crippen molar-refractivity contribution in [2.45, 2.75) is 32.9 Å². The summed E-state index contributed by atoms with van der Waals surface area (Å²) < 4.78 is 27.4. The van der Waals surface area contributed by atoms with Gasteiger partial charge in [0.1, 0.15) is 0 Å². The quantitative estimate of drug-likeness (QED) is 0.334. The van der Waals surface area contributed by atoms with Crippen molar-refractivity contribution in [3.8, 4) is 28.6 Å². The van der Waals surface area contributed by atoms with Crippen molar-refractivity contribution in [3.05, 3.63) is 53.9 Å². The molecule has 9 nitrogen and oxygen atoms in total. The number of nitrogens with zero attached hydrogens (tertiary/aromatic N) is 3. The van der Waals surface area contributed by atoms with E-state index in [0.717, 1.165) is 5.56 Å². The van der Waals surface area contributed by atoms with Gasteiger partial charge in [0.2, 0.25) is 17.5 Å². The molecule has 0 amide bonds. The van der Waals surface area contributed by atoms with E-state index >= 15 is 0 Å². The Bertz CT molecular complexity index is 1030. The molecule has 3 aromatic rings. The number of aliphatic hydroxyl groups is 1. The highest BCUT2D eigenvalue weighted by molar-refractivity contribution is 5.66. The van der Waals surface area contributed by atoms with Crippen LogP contribution in [0, 0.1) is 5.92 Å². The van der Waals surface area contributed by atoms with Gasteiger partial charge in [0.05, 0.1) is 34.0 Å². The molecule has 0 aliphatic rings. The van der Waals surface area contributed by atoms with Crippen LogP contribution < -0.4 is 14.2 Å². The fourth-order valence-electron chi connectivity index (χ4n) is 3.80. The normalized spacial score (nSPS) is 12.2. The van der Waals surface area contributed by atoms with Gasteiger partial charge in [-0.25, -0.2) is 0 Å². The maximum atomic E-state index is 10.5. The first-order chi connectivity index (χ1) is 17.4. The number of aliphatic hydroxyl groups excluding tert-OH is 1. The summed E-state index contributed by atoms with van der Waals surface area (Å²) in [7, 11) is 4.68. The van der Waals surface area contributed by atoms with Gasteiger partial charge in [-0.15, -0.1) is 0 Å². The predicted molar refractivity (Wildman–Crippen MR) is 136 cm³/mol. The van der Waals surface area contributed by atoms with Gasteiger partial charge in [-0.05, 0) is 23.6 Å². The summed E-state index contributed by atoms with van der Waals surface area (Å²) in [6.07, 6.45) is -0.0611. The summed E-state index contributed by atoms with van der Waals surface area (Å²) in [6, 6.07) is 13.7. The second-order valence-corrected chi connectivity index (χ2v) is 8.98. The fraction of sp³-hybridized carbons (Fsp3) is 0.481. The van der Waals surface area contributed by atoms with Gasteiger partial charge in [0.25, 0.3) is 0 Å². The van der Waals surface area contributed by atoms with Gasteiger partial charge < -0.3 is 28.6 Å². The minimum atomic E-state index is -0.593. The number of rotatable bonds is 15. The zero-order valence-electron chi connectivity index (χ0n) is 21.8. The van der Waals surface area contributed by atoms with Crippen LogP contribution in [0.25, 0.3) is 11.4 Å². The maximum absolute atomic E-state index is 10.5. The van der Waals surface area contributed by atoms with Crippen LogP contribution in [0.3, 0.4) is 0 Å². The molecule has 0 radical (unpaired) electrons. The molecule has 196 valence electrons. The average molecular weight is 500 g/mol. The first-order valence-electron chi connectivity index (χ1n) is 12.1. The Kier molecular flexibility index (Phi) is 10.5. The molecule has 0 fully saturated rings. The second-order valence-electron chi connectivity index (χ2n) is 8.98. The largest absolute Gasteiger partial charge is 0.493 e. The van der Waals surface area contributed by atoms with Crippen molar-refractivity contribution in [3.63, 3.8) is 0 Å². The van der Waals surface area contributed by atoms with Crippen molar-refractivity contribution < 1.29 is 28.6 Å². The van der Waals surface area contributed by atoms with E-state index in [1.165, 1.54) is 0 Å². The molecular weight excluding hydrogens is 462 g/mol. The van der Waals surface area contributed by atoms with Gasteiger partial charge in [-0.2, -0.15) is 4.98 Å². The highest BCUT2D eigenvalue weighted by atomic mass is 16.5. The molecule has 0 saturated carbocycles. The molecule has 9 heteroatoms. The molecular formula is C27H37N3O6. The Morgan fingerprint density at radius 3 is 2.28 bits per heavy atom. The van der Waals surface area contributed by atoms with Crippen LogP contribution in [0.2, 0.25) is 0 Å². The first-order valence-corrected chi connectivity index (χ1v) is 12.1. The highest BCUT2D eigenvalue weighted by Gasteiger charge is 2.19. The highest BCUT2D eigenvalue weighted by Crippen LogP contribution is 2.40. The van der Waals surface area contributed by atoms with Gasteiger partial charge >= 0.3 is 0 Å². The number of hydrogen-bond acceptors (Lipinski definition) is 9. The third-order valence-corrected chi connectivity index (χ3v) is 5.51. The average Bonchev–Trinajstić information content (AvgIpc) is 3.36. The Hall–Kier alpha value is -3.14. The van der Waals surface area contributed by atoms with Crippen LogP contribution in [0.4, 0.5) is 0 Å². The molecule has 1 N–H and O–H groups in total. The second kappa shape index (κ2) is 13.8. The van der Waals surface area contributed by atoms with E-state index in [-0.39, 0.29) is 0 Å². The lowest BCUT2D eigenvalue weighted by molar-refractivity contribution is 0.00680. The molecule has 1 heterocycles. The van der Waals surface area contributed by atoms with Crippen molar-refractivity contribution in [1.29, 1.82) is 0 Å².